The van der Waals surface area contributed by atoms with Gasteiger partial charge in [-0.05, 0) is 30.2 Å². The number of ether oxygens (including phenoxy) is 2. The number of rotatable bonds is 4. The van der Waals surface area contributed by atoms with Crippen molar-refractivity contribution in [2.24, 2.45) is 5.73 Å². The van der Waals surface area contributed by atoms with Gasteiger partial charge >= 0.3 is 12.0 Å². The fourth-order valence-corrected chi connectivity index (χ4v) is 1.42. The lowest BCUT2D eigenvalue weighted by Crippen LogP contribution is -2.05. The Balaban J connectivity index is -0.000000352. The van der Waals surface area contributed by atoms with Crippen LogP contribution in [-0.2, 0) is 0 Å². The van der Waals surface area contributed by atoms with Crippen LogP contribution in [0.1, 0.15) is 0 Å². The van der Waals surface area contributed by atoms with Crippen molar-refractivity contribution in [3.63, 3.8) is 0 Å². The summed E-state index contributed by atoms with van der Waals surface area (Å²) < 4.78 is 9.50. The smallest absolute Gasteiger partial charge is 0.322 e. The second-order valence-electron chi connectivity index (χ2n) is 3.33. The molecule has 2 rings (SSSR count). The Morgan fingerprint density at radius 1 is 0.741 bits per heavy atom. The second kappa shape index (κ2) is 20.7. The highest BCUT2D eigenvalue weighted by Crippen LogP contribution is 2.10. The predicted octanol–water partition coefficient (Wildman–Crippen LogP) is 3.11. The zero-order chi connectivity index (χ0) is 20.5. The van der Waals surface area contributed by atoms with Crippen LogP contribution < -0.4 is 25.8 Å². The normalized spacial score (nSPS) is 8.07. The van der Waals surface area contributed by atoms with Crippen LogP contribution in [0.2, 0.25) is 10.6 Å². The van der Waals surface area contributed by atoms with E-state index in [2.05, 4.69) is 88.2 Å². The van der Waals surface area contributed by atoms with Gasteiger partial charge in [-0.2, -0.15) is 29.9 Å². The van der Waals surface area contributed by atoms with Gasteiger partial charge in [-0.3, -0.25) is 0 Å². The molecule has 2 aromatic heterocycles. The molecule has 156 valence electrons. The molecule has 0 aromatic carbocycles. The number of nitrogens with one attached hydrogen (secondary N) is 2. The first-order valence-corrected chi connectivity index (χ1v) is 13.5. The predicted molar refractivity (Wildman–Crippen MR) is 135 cm³/mol. The van der Waals surface area contributed by atoms with E-state index in [0.717, 1.165) is 0 Å². The minimum atomic E-state index is 0. The number of halogens is 5. The van der Waals surface area contributed by atoms with Crippen LogP contribution in [0, 0.1) is 0 Å². The maximum Gasteiger partial charge on any atom is 0.322 e. The summed E-state index contributed by atoms with van der Waals surface area (Å²) in [6, 6.07) is 0.406. The molecule has 16 heteroatoms. The fourth-order valence-electron chi connectivity index (χ4n) is 1.07. The highest BCUT2D eigenvalue weighted by molar-refractivity contribution is 15.0. The molecule has 0 aliphatic heterocycles. The first-order valence-electron chi connectivity index (χ1n) is 6.51. The molecule has 4 N–H and O–H groups in total. The molecule has 0 radical (unpaired) electrons. The summed E-state index contributed by atoms with van der Waals surface area (Å²) in [6.45, 7) is 0. The largest absolute Gasteiger partial charge is 0.467 e. The summed E-state index contributed by atoms with van der Waals surface area (Å²) in [5.41, 5.74) is 4.50. The van der Waals surface area contributed by atoms with Gasteiger partial charge in [0.25, 0.3) is 0 Å². The summed E-state index contributed by atoms with van der Waals surface area (Å²) >= 11 is 15.0. The molecule has 0 saturated heterocycles. The van der Waals surface area contributed by atoms with Crippen LogP contribution in [0.5, 0.6) is 12.0 Å². The number of nitrogens with zero attached hydrogens (tertiary/aromatic N) is 6. The third kappa shape index (κ3) is 14.6. The van der Waals surface area contributed by atoms with Crippen LogP contribution in [-0.4, -0.2) is 65.3 Å². The van der Waals surface area contributed by atoms with Gasteiger partial charge in [0, 0.05) is 51.3 Å². The van der Waals surface area contributed by atoms with E-state index >= 15 is 0 Å². The molecule has 0 atom stereocenters. The van der Waals surface area contributed by atoms with Gasteiger partial charge in [-0.25, -0.2) is 0 Å². The van der Waals surface area contributed by atoms with Crippen molar-refractivity contribution >= 4 is 96.3 Å². The molecule has 0 amide bonds. The summed E-state index contributed by atoms with van der Waals surface area (Å²) in [5.74, 6) is 0.956. The van der Waals surface area contributed by atoms with Crippen LogP contribution in [0.3, 0.4) is 0 Å². The Labute approximate surface area is 208 Å². The summed E-state index contributed by atoms with van der Waals surface area (Å²) in [6.07, 6.45) is 0. The zero-order valence-electron chi connectivity index (χ0n) is 15.0. The summed E-state index contributed by atoms with van der Waals surface area (Å²) in [5, 5.41) is 5.64. The quantitative estimate of drug-likeness (QED) is 0.396. The number of methoxy groups -OCH3 is 2. The Hall–Kier alpha value is -0.0500. The van der Waals surface area contributed by atoms with Gasteiger partial charge in [-0.15, -0.1) is 24.0 Å². The lowest BCUT2D eigenvalue weighted by Gasteiger charge is -2.03. The molecule has 0 spiro atoms. The van der Waals surface area contributed by atoms with Crippen molar-refractivity contribution in [1.29, 1.82) is 0 Å². The van der Waals surface area contributed by atoms with Crippen molar-refractivity contribution in [2.45, 2.75) is 0 Å². The summed E-state index contributed by atoms with van der Waals surface area (Å²) in [4.78, 5) is 22.5. The van der Waals surface area contributed by atoms with E-state index in [9.17, 15) is 0 Å². The van der Waals surface area contributed by atoms with Crippen molar-refractivity contribution in [2.75, 3.05) is 46.0 Å². The third-order valence-corrected chi connectivity index (χ3v) is 2.33. The minimum Gasteiger partial charge on any atom is -0.467 e. The SMILES string of the molecule is CN.CNc1nc(NC)nc(OC)n1.COc1nc(Cl)nc(Cl)n1.I.II. The molecular weight excluding hydrogens is 742 g/mol. The number of hydrogen-bond donors (Lipinski definition) is 3. The molecule has 0 aliphatic carbocycles. The maximum atomic E-state index is 5.40. The highest BCUT2D eigenvalue weighted by atomic mass is 128. The van der Waals surface area contributed by atoms with E-state index in [1.807, 2.05) is 0 Å². The van der Waals surface area contributed by atoms with Crippen molar-refractivity contribution in [3.05, 3.63) is 10.6 Å². The van der Waals surface area contributed by atoms with Crippen LogP contribution in [0.4, 0.5) is 11.9 Å². The Morgan fingerprint density at radius 2 is 1.07 bits per heavy atom. The molecule has 11 nitrogen and oxygen atoms in total. The van der Waals surface area contributed by atoms with Crippen LogP contribution in [0.25, 0.3) is 0 Å². The monoisotopic (exact) mass is 761 g/mol. The van der Waals surface area contributed by atoms with Crippen LogP contribution in [0.15, 0.2) is 0 Å². The molecular formula is C11H20Cl2I3N9O2. The average molecular weight is 762 g/mol. The van der Waals surface area contributed by atoms with E-state index < -0.39 is 0 Å². The topological polar surface area (TPSA) is 146 Å². The van der Waals surface area contributed by atoms with Gasteiger partial charge in [0.15, 0.2) is 0 Å². The molecule has 0 unspecified atom stereocenters. The Bertz CT molecular complexity index is 556. The van der Waals surface area contributed by atoms with Gasteiger partial charge in [0.2, 0.25) is 22.5 Å². The van der Waals surface area contributed by atoms with Crippen molar-refractivity contribution in [3.8, 4) is 12.0 Å². The number of hydrogen-bond acceptors (Lipinski definition) is 11. The maximum absolute atomic E-state index is 5.40. The van der Waals surface area contributed by atoms with Gasteiger partial charge in [0.1, 0.15) is 0 Å². The van der Waals surface area contributed by atoms with E-state index in [4.69, 9.17) is 27.9 Å². The zero-order valence-corrected chi connectivity index (χ0v) is 23.2. The number of nitrogens with two attached hydrogens (primary N) is 1. The van der Waals surface area contributed by atoms with Crippen molar-refractivity contribution in [1.82, 2.24) is 29.9 Å². The lowest BCUT2D eigenvalue weighted by molar-refractivity contribution is 0.378. The van der Waals surface area contributed by atoms with Gasteiger partial charge < -0.3 is 25.8 Å². The number of aromatic nitrogens is 6. The highest BCUT2D eigenvalue weighted by Gasteiger charge is 2.02. The van der Waals surface area contributed by atoms with E-state index in [0.29, 0.717) is 17.9 Å². The lowest BCUT2D eigenvalue weighted by atomic mass is 10.8. The van der Waals surface area contributed by atoms with Gasteiger partial charge in [-0.1, -0.05) is 0 Å². The first kappa shape index (κ1) is 31.6. The van der Waals surface area contributed by atoms with E-state index in [1.165, 1.54) is 21.3 Å². The second-order valence-corrected chi connectivity index (χ2v) is 4.01. The number of anilines is 2. The standard InChI is InChI=1S/C6H11N5O.C4H3Cl2N3O.CH5N.I2.HI/c1-7-4-9-5(8-2)11-6(10-4)12-3;1-10-4-8-2(5)7-3(6)9-4;2*1-2;/h1-3H3,(H2,7,8,9,10,11);1H3;2H2,1H3;;1H. The Kier molecular flexibility index (Phi) is 24.2. The molecule has 0 aliphatic rings. The van der Waals surface area contributed by atoms with Crippen molar-refractivity contribution < 1.29 is 9.47 Å². The first-order chi connectivity index (χ1) is 12.5. The minimum absolute atomic E-state index is 0. The fraction of sp³-hybridized carbons (Fsp3) is 0.455. The van der Waals surface area contributed by atoms with Crippen LogP contribution >= 0.6 is 84.4 Å². The average Bonchev–Trinajstić information content (AvgIpc) is 2.70. The molecule has 0 bridgehead atoms. The Morgan fingerprint density at radius 3 is 1.37 bits per heavy atom. The molecule has 27 heavy (non-hydrogen) atoms. The van der Waals surface area contributed by atoms with E-state index in [-0.39, 0.29) is 40.6 Å². The molecule has 2 aromatic rings. The molecule has 0 fully saturated rings. The molecule has 2 heterocycles. The summed E-state index contributed by atoms with van der Waals surface area (Å²) in [7, 11) is 7.89. The third-order valence-electron chi connectivity index (χ3n) is 1.99. The molecule has 0 saturated carbocycles. The van der Waals surface area contributed by atoms with E-state index in [1.54, 1.807) is 14.1 Å². The van der Waals surface area contributed by atoms with Gasteiger partial charge in [0.05, 0.1) is 14.2 Å².